The molecule has 2 heterocycles. The van der Waals surface area contributed by atoms with Gasteiger partial charge in [-0.1, -0.05) is 54.2 Å². The number of fused-ring (bicyclic) bond motifs is 1. The summed E-state index contributed by atoms with van der Waals surface area (Å²) < 4.78 is 8.94. The van der Waals surface area contributed by atoms with Crippen LogP contribution in [0.5, 0.6) is 0 Å². The monoisotopic (exact) mass is 461 g/mol. The van der Waals surface area contributed by atoms with Crippen LogP contribution in [0.1, 0.15) is 27.3 Å². The van der Waals surface area contributed by atoms with Crippen molar-refractivity contribution in [1.82, 2.24) is 14.1 Å². The molecule has 0 saturated carbocycles. The number of ketones is 1. The second-order valence-electron chi connectivity index (χ2n) is 7.93. The average molecular weight is 462 g/mol. The quantitative estimate of drug-likeness (QED) is 0.209. The van der Waals surface area contributed by atoms with E-state index in [9.17, 15) is 9.59 Å². The Balaban J connectivity index is 1.58. The fourth-order valence-corrected chi connectivity index (χ4v) is 4.85. The minimum absolute atomic E-state index is 0.0214. The third kappa shape index (κ3) is 4.94. The van der Waals surface area contributed by atoms with E-state index in [-0.39, 0.29) is 17.1 Å². The molecule has 0 spiro atoms. The Morgan fingerprint density at radius 3 is 2.52 bits per heavy atom. The molecular formula is C26H27N3O3S. The predicted octanol–water partition coefficient (Wildman–Crippen LogP) is 4.48. The van der Waals surface area contributed by atoms with Gasteiger partial charge in [0.1, 0.15) is 0 Å². The third-order valence-electron chi connectivity index (χ3n) is 5.74. The van der Waals surface area contributed by atoms with E-state index in [1.165, 1.54) is 17.3 Å². The van der Waals surface area contributed by atoms with Gasteiger partial charge >= 0.3 is 0 Å². The first-order valence-corrected chi connectivity index (χ1v) is 11.8. The topological polar surface area (TPSA) is 66.1 Å². The molecule has 0 aliphatic rings. The molecule has 0 aliphatic carbocycles. The number of rotatable bonds is 9. The molecule has 2 aromatic heterocycles. The molecule has 6 nitrogen and oxygen atoms in total. The minimum atomic E-state index is -0.117. The highest BCUT2D eigenvalue weighted by atomic mass is 32.2. The first-order valence-electron chi connectivity index (χ1n) is 10.8. The molecule has 4 aromatic rings. The number of methoxy groups -OCH3 is 1. The number of carbonyl (C=O) groups is 1. The van der Waals surface area contributed by atoms with Gasteiger partial charge in [0, 0.05) is 30.6 Å². The van der Waals surface area contributed by atoms with Crippen LogP contribution in [0.15, 0.2) is 70.6 Å². The van der Waals surface area contributed by atoms with Crippen LogP contribution >= 0.6 is 11.8 Å². The zero-order chi connectivity index (χ0) is 23.4. The Kier molecular flexibility index (Phi) is 7.11. The fourth-order valence-electron chi connectivity index (χ4n) is 3.94. The van der Waals surface area contributed by atoms with E-state index in [1.807, 2.05) is 56.3 Å². The maximum Gasteiger partial charge on any atom is 0.262 e. The molecule has 2 aromatic carbocycles. The molecule has 7 heteroatoms. The number of nitrogens with zero attached hydrogens (tertiary/aromatic N) is 3. The average Bonchev–Trinajstić information content (AvgIpc) is 3.11. The lowest BCUT2D eigenvalue weighted by Gasteiger charge is -2.12. The van der Waals surface area contributed by atoms with Gasteiger partial charge in [0.15, 0.2) is 10.9 Å². The molecular weight excluding hydrogens is 434 g/mol. The van der Waals surface area contributed by atoms with E-state index in [4.69, 9.17) is 4.74 Å². The molecule has 4 rings (SSSR count). The molecule has 0 radical (unpaired) electrons. The SMILES string of the molecule is COCCn1c(SCC(=O)c2cc(C)n(Cc3ccccc3)c2C)nc2ccccc2c1=O. The zero-order valence-electron chi connectivity index (χ0n) is 19.1. The highest BCUT2D eigenvalue weighted by Gasteiger charge is 2.18. The van der Waals surface area contributed by atoms with Crippen molar-refractivity contribution < 1.29 is 9.53 Å². The smallest absolute Gasteiger partial charge is 0.262 e. The van der Waals surface area contributed by atoms with Crippen LogP contribution in [0.2, 0.25) is 0 Å². The van der Waals surface area contributed by atoms with E-state index in [0.29, 0.717) is 34.8 Å². The van der Waals surface area contributed by atoms with Crippen molar-refractivity contribution in [3.05, 3.63) is 93.5 Å². The molecule has 0 bridgehead atoms. The lowest BCUT2D eigenvalue weighted by molar-refractivity contribution is 0.102. The number of aromatic nitrogens is 3. The first kappa shape index (κ1) is 23.0. The number of benzene rings is 2. The van der Waals surface area contributed by atoms with Gasteiger partial charge in [-0.3, -0.25) is 14.2 Å². The normalized spacial score (nSPS) is 11.2. The first-order chi connectivity index (χ1) is 16.0. The summed E-state index contributed by atoms with van der Waals surface area (Å²) in [5, 5.41) is 1.09. The molecule has 0 unspecified atom stereocenters. The van der Waals surface area contributed by atoms with E-state index in [2.05, 4.69) is 21.7 Å². The summed E-state index contributed by atoms with van der Waals surface area (Å²) in [6.07, 6.45) is 0. The maximum absolute atomic E-state index is 13.2. The van der Waals surface area contributed by atoms with Crippen LogP contribution in [-0.4, -0.2) is 39.4 Å². The van der Waals surface area contributed by atoms with E-state index < -0.39 is 0 Å². The van der Waals surface area contributed by atoms with Gasteiger partial charge in [-0.05, 0) is 37.6 Å². The highest BCUT2D eigenvalue weighted by Crippen LogP contribution is 2.23. The second-order valence-corrected chi connectivity index (χ2v) is 8.87. The van der Waals surface area contributed by atoms with E-state index in [0.717, 1.165) is 17.9 Å². The predicted molar refractivity (Wildman–Crippen MR) is 132 cm³/mol. The van der Waals surface area contributed by atoms with Crippen molar-refractivity contribution in [3.63, 3.8) is 0 Å². The van der Waals surface area contributed by atoms with Gasteiger partial charge in [-0.25, -0.2) is 4.98 Å². The van der Waals surface area contributed by atoms with Crippen LogP contribution < -0.4 is 5.56 Å². The Morgan fingerprint density at radius 1 is 1.03 bits per heavy atom. The summed E-state index contributed by atoms with van der Waals surface area (Å²) >= 11 is 1.29. The molecule has 0 amide bonds. The van der Waals surface area contributed by atoms with Gasteiger partial charge in [-0.15, -0.1) is 0 Å². The molecule has 0 saturated heterocycles. The van der Waals surface area contributed by atoms with Crippen molar-refractivity contribution in [2.45, 2.75) is 32.1 Å². The van der Waals surface area contributed by atoms with Crippen LogP contribution in [0.25, 0.3) is 10.9 Å². The largest absolute Gasteiger partial charge is 0.383 e. The van der Waals surface area contributed by atoms with Gasteiger partial charge in [0.25, 0.3) is 5.56 Å². The van der Waals surface area contributed by atoms with Gasteiger partial charge in [0.05, 0.1) is 29.8 Å². The van der Waals surface area contributed by atoms with Crippen molar-refractivity contribution >= 4 is 28.4 Å². The number of Topliss-reactive ketones (excluding diaryl/α,β-unsaturated/α-hetero) is 1. The summed E-state index contributed by atoms with van der Waals surface area (Å²) in [7, 11) is 1.60. The number of hydrogen-bond donors (Lipinski definition) is 0. The Hall–Kier alpha value is -3.16. The van der Waals surface area contributed by atoms with Gasteiger partial charge < -0.3 is 9.30 Å². The lowest BCUT2D eigenvalue weighted by atomic mass is 10.2. The van der Waals surface area contributed by atoms with Crippen LogP contribution in [0, 0.1) is 13.8 Å². The number of carbonyl (C=O) groups excluding carboxylic acids is 1. The second kappa shape index (κ2) is 10.2. The van der Waals surface area contributed by atoms with Gasteiger partial charge in [-0.2, -0.15) is 0 Å². The number of para-hydroxylation sites is 1. The summed E-state index contributed by atoms with van der Waals surface area (Å²) in [5.74, 6) is 0.223. The van der Waals surface area contributed by atoms with Crippen molar-refractivity contribution in [2.24, 2.45) is 0 Å². The summed E-state index contributed by atoms with van der Waals surface area (Å²) in [4.78, 5) is 30.8. The standard InChI is InChI=1S/C26H27N3O3S/c1-18-15-22(19(2)29(18)16-20-9-5-4-6-10-20)24(30)17-33-26-27-23-12-8-7-11-21(23)25(31)28(26)13-14-32-3/h4-12,15H,13-14,16-17H2,1-3H3. The minimum Gasteiger partial charge on any atom is -0.383 e. The molecule has 0 atom stereocenters. The molecule has 0 N–H and O–H groups in total. The summed E-state index contributed by atoms with van der Waals surface area (Å²) in [6, 6.07) is 19.4. The van der Waals surface area contributed by atoms with E-state index >= 15 is 0 Å². The van der Waals surface area contributed by atoms with Crippen molar-refractivity contribution in [3.8, 4) is 0 Å². The lowest BCUT2D eigenvalue weighted by Crippen LogP contribution is -2.25. The fraction of sp³-hybridized carbons (Fsp3) is 0.269. The molecule has 33 heavy (non-hydrogen) atoms. The highest BCUT2D eigenvalue weighted by molar-refractivity contribution is 7.99. The zero-order valence-corrected chi connectivity index (χ0v) is 19.9. The summed E-state index contributed by atoms with van der Waals surface area (Å²) in [5.41, 5.74) is 4.41. The van der Waals surface area contributed by atoms with Gasteiger partial charge in [0.2, 0.25) is 0 Å². The van der Waals surface area contributed by atoms with E-state index in [1.54, 1.807) is 17.7 Å². The van der Waals surface area contributed by atoms with Crippen LogP contribution in [0.4, 0.5) is 0 Å². The Labute approximate surface area is 197 Å². The van der Waals surface area contributed by atoms with Crippen molar-refractivity contribution in [2.75, 3.05) is 19.5 Å². The Morgan fingerprint density at radius 2 is 1.76 bits per heavy atom. The number of hydrogen-bond acceptors (Lipinski definition) is 5. The Bertz CT molecular complexity index is 1340. The number of thioether (sulfide) groups is 1. The van der Waals surface area contributed by atoms with Crippen molar-refractivity contribution in [1.29, 1.82) is 0 Å². The van der Waals surface area contributed by atoms with Crippen LogP contribution in [-0.2, 0) is 17.8 Å². The van der Waals surface area contributed by atoms with Crippen LogP contribution in [0.3, 0.4) is 0 Å². The molecule has 0 fully saturated rings. The summed E-state index contributed by atoms with van der Waals surface area (Å²) in [6.45, 7) is 5.50. The molecule has 0 aliphatic heterocycles. The molecule has 170 valence electrons. The number of aryl methyl sites for hydroxylation is 1. The third-order valence-corrected chi connectivity index (χ3v) is 6.71. The maximum atomic E-state index is 13.2. The number of ether oxygens (including phenoxy) is 1.